The maximum atomic E-state index is 13.1. The molecule has 2 N–H and O–H groups in total. The molecule has 0 radical (unpaired) electrons. The third-order valence-electron chi connectivity index (χ3n) is 7.02. The molecule has 0 atom stereocenters. The van der Waals surface area contributed by atoms with E-state index in [0.29, 0.717) is 24.2 Å². The molecule has 0 aromatic heterocycles. The highest BCUT2D eigenvalue weighted by Crippen LogP contribution is 2.28. The Labute approximate surface area is 212 Å². The molecule has 1 aromatic carbocycles. The summed E-state index contributed by atoms with van der Waals surface area (Å²) in [6, 6.07) is 5.79. The van der Waals surface area contributed by atoms with Gasteiger partial charge >= 0.3 is 0 Å². The van der Waals surface area contributed by atoms with E-state index in [2.05, 4.69) is 27.4 Å². The van der Waals surface area contributed by atoms with Gasteiger partial charge in [0, 0.05) is 50.5 Å². The number of carbonyl (C=O) groups is 2. The Morgan fingerprint density at radius 1 is 0.914 bits per heavy atom. The van der Waals surface area contributed by atoms with Gasteiger partial charge in [0.15, 0.2) is 0 Å². The number of amides is 2. The number of rotatable bonds is 15. The highest BCUT2D eigenvalue weighted by Gasteiger charge is 2.20. The van der Waals surface area contributed by atoms with Gasteiger partial charge in [-0.05, 0) is 50.4 Å². The van der Waals surface area contributed by atoms with Gasteiger partial charge in [0.1, 0.15) is 0 Å². The molecule has 35 heavy (non-hydrogen) atoms. The monoisotopic (exact) mass is 486 g/mol. The minimum Gasteiger partial charge on any atom is -0.379 e. The van der Waals surface area contributed by atoms with Crippen molar-refractivity contribution in [3.63, 3.8) is 0 Å². The predicted molar refractivity (Wildman–Crippen MR) is 143 cm³/mol. The summed E-state index contributed by atoms with van der Waals surface area (Å²) in [5.74, 6) is -0.0265. The van der Waals surface area contributed by atoms with E-state index >= 15 is 0 Å². The van der Waals surface area contributed by atoms with Gasteiger partial charge in [0.05, 0.1) is 18.8 Å². The summed E-state index contributed by atoms with van der Waals surface area (Å²) in [6.07, 6.45) is 12.1. The third kappa shape index (κ3) is 9.80. The van der Waals surface area contributed by atoms with Crippen LogP contribution in [0.1, 0.15) is 87.9 Å². The summed E-state index contributed by atoms with van der Waals surface area (Å²) < 4.78 is 5.40. The van der Waals surface area contributed by atoms with Gasteiger partial charge in [-0.15, -0.1) is 0 Å². The van der Waals surface area contributed by atoms with E-state index in [4.69, 9.17) is 4.74 Å². The summed E-state index contributed by atoms with van der Waals surface area (Å²) in [4.78, 5) is 30.3. The summed E-state index contributed by atoms with van der Waals surface area (Å²) in [7, 11) is 0. The zero-order valence-electron chi connectivity index (χ0n) is 21.8. The number of morpholine rings is 1. The second-order valence-corrected chi connectivity index (χ2v) is 9.91. The molecular formula is C28H46N4O3. The molecule has 1 aromatic rings. The molecule has 0 bridgehead atoms. The van der Waals surface area contributed by atoms with E-state index in [9.17, 15) is 9.59 Å². The molecule has 0 spiro atoms. The average molecular weight is 487 g/mol. The number of benzene rings is 1. The number of nitrogens with one attached hydrogen (secondary N) is 2. The van der Waals surface area contributed by atoms with Crippen LogP contribution in [0.4, 0.5) is 11.4 Å². The summed E-state index contributed by atoms with van der Waals surface area (Å²) in [5, 5.41) is 6.13. The number of hydrogen-bond donors (Lipinski definition) is 2. The van der Waals surface area contributed by atoms with Crippen LogP contribution in [0.3, 0.4) is 0 Å². The van der Waals surface area contributed by atoms with Crippen molar-refractivity contribution in [3.05, 3.63) is 23.8 Å². The molecule has 2 aliphatic heterocycles. The molecule has 3 rings (SSSR count). The zero-order valence-corrected chi connectivity index (χ0v) is 21.8. The third-order valence-corrected chi connectivity index (χ3v) is 7.02. The maximum Gasteiger partial charge on any atom is 0.253 e. The van der Waals surface area contributed by atoms with Crippen molar-refractivity contribution in [2.24, 2.45) is 0 Å². The Hall–Kier alpha value is -2.12. The Morgan fingerprint density at radius 3 is 2.37 bits per heavy atom. The first-order valence-electron chi connectivity index (χ1n) is 13.9. The highest BCUT2D eigenvalue weighted by molar-refractivity contribution is 6.02. The summed E-state index contributed by atoms with van der Waals surface area (Å²) in [5.41, 5.74) is 2.34. The van der Waals surface area contributed by atoms with E-state index in [1.807, 2.05) is 18.2 Å². The van der Waals surface area contributed by atoms with Crippen molar-refractivity contribution < 1.29 is 14.3 Å². The van der Waals surface area contributed by atoms with Crippen molar-refractivity contribution in [3.8, 4) is 0 Å². The second kappa shape index (κ2) is 15.8. The molecule has 0 unspecified atom stereocenters. The van der Waals surface area contributed by atoms with Crippen LogP contribution in [0, 0.1) is 0 Å². The van der Waals surface area contributed by atoms with Crippen molar-refractivity contribution in [1.82, 2.24) is 10.2 Å². The van der Waals surface area contributed by atoms with Gasteiger partial charge in [-0.1, -0.05) is 45.4 Å². The van der Waals surface area contributed by atoms with Gasteiger partial charge in [-0.2, -0.15) is 0 Å². The number of carbonyl (C=O) groups excluding carboxylic acids is 2. The fourth-order valence-electron chi connectivity index (χ4n) is 4.92. The van der Waals surface area contributed by atoms with Gasteiger partial charge in [-0.3, -0.25) is 14.5 Å². The molecule has 196 valence electrons. The Bertz CT molecular complexity index is 773. The normalized spacial score (nSPS) is 16.4. The van der Waals surface area contributed by atoms with Crippen LogP contribution in [0.2, 0.25) is 0 Å². The fourth-order valence-corrected chi connectivity index (χ4v) is 4.92. The van der Waals surface area contributed by atoms with Crippen LogP contribution >= 0.6 is 0 Å². The minimum atomic E-state index is -0.0583. The Morgan fingerprint density at radius 2 is 1.63 bits per heavy atom. The minimum absolute atomic E-state index is 0.0318. The molecule has 2 aliphatic rings. The lowest BCUT2D eigenvalue weighted by Crippen LogP contribution is -2.38. The number of anilines is 2. The Balaban J connectivity index is 1.49. The molecule has 2 saturated heterocycles. The predicted octanol–water partition coefficient (Wildman–Crippen LogP) is 4.82. The van der Waals surface area contributed by atoms with E-state index in [1.54, 1.807) is 0 Å². The first kappa shape index (κ1) is 27.5. The van der Waals surface area contributed by atoms with Gasteiger partial charge in [0.2, 0.25) is 5.91 Å². The van der Waals surface area contributed by atoms with Crippen LogP contribution in [0.15, 0.2) is 18.2 Å². The van der Waals surface area contributed by atoms with E-state index < -0.39 is 0 Å². The molecule has 2 heterocycles. The zero-order chi connectivity index (χ0) is 24.7. The quantitative estimate of drug-likeness (QED) is 0.348. The lowest BCUT2D eigenvalue weighted by Gasteiger charge is -2.26. The van der Waals surface area contributed by atoms with Crippen LogP contribution in [-0.4, -0.2) is 69.2 Å². The number of nitrogens with zero attached hydrogens (tertiary/aromatic N) is 2. The van der Waals surface area contributed by atoms with Crippen LogP contribution in [-0.2, 0) is 9.53 Å². The van der Waals surface area contributed by atoms with Crippen molar-refractivity contribution in [1.29, 1.82) is 0 Å². The van der Waals surface area contributed by atoms with E-state index in [-0.39, 0.29) is 11.8 Å². The molecule has 2 fully saturated rings. The second-order valence-electron chi connectivity index (χ2n) is 9.91. The lowest BCUT2D eigenvalue weighted by molar-refractivity contribution is -0.116. The molecule has 7 nitrogen and oxygen atoms in total. The average Bonchev–Trinajstić information content (AvgIpc) is 3.41. The van der Waals surface area contributed by atoms with Crippen LogP contribution in [0.25, 0.3) is 0 Å². The largest absolute Gasteiger partial charge is 0.379 e. The number of unbranched alkanes of at least 4 members (excludes halogenated alkanes) is 6. The molecular weight excluding hydrogens is 440 g/mol. The number of hydrogen-bond acceptors (Lipinski definition) is 5. The van der Waals surface area contributed by atoms with Crippen molar-refractivity contribution >= 4 is 23.2 Å². The van der Waals surface area contributed by atoms with E-state index in [1.165, 1.54) is 32.1 Å². The first-order valence-corrected chi connectivity index (χ1v) is 13.9. The molecule has 0 saturated carbocycles. The molecule has 2 amide bonds. The van der Waals surface area contributed by atoms with E-state index in [0.717, 1.165) is 83.7 Å². The summed E-state index contributed by atoms with van der Waals surface area (Å²) in [6.45, 7) is 9.31. The van der Waals surface area contributed by atoms with Gasteiger partial charge in [-0.25, -0.2) is 0 Å². The fraction of sp³-hybridized carbons (Fsp3) is 0.714. The van der Waals surface area contributed by atoms with Crippen LogP contribution < -0.4 is 15.5 Å². The highest BCUT2D eigenvalue weighted by atomic mass is 16.5. The maximum absolute atomic E-state index is 13.1. The summed E-state index contributed by atoms with van der Waals surface area (Å²) >= 11 is 0. The standard InChI is InChI=1S/C28H46N4O3/c1-2-3-4-5-6-7-8-12-27(33)30-24-13-14-26(32-17-9-10-18-32)25(23-24)28(34)29-15-11-16-31-19-21-35-22-20-31/h13-14,23H,2-12,15-22H2,1H3,(H,29,34)(H,30,33). The topological polar surface area (TPSA) is 73.9 Å². The van der Waals surface area contributed by atoms with Gasteiger partial charge < -0.3 is 20.3 Å². The SMILES string of the molecule is CCCCCCCCCC(=O)Nc1ccc(N2CCCC2)c(C(=O)NCCCN2CCOCC2)c1. The number of ether oxygens (including phenoxy) is 1. The van der Waals surface area contributed by atoms with Gasteiger partial charge in [0.25, 0.3) is 5.91 Å². The lowest BCUT2D eigenvalue weighted by atomic mass is 10.1. The molecule has 7 heteroatoms. The van der Waals surface area contributed by atoms with Crippen molar-refractivity contribution in [2.45, 2.75) is 77.6 Å². The smallest absolute Gasteiger partial charge is 0.253 e. The van der Waals surface area contributed by atoms with Crippen molar-refractivity contribution in [2.75, 3.05) is 62.7 Å². The first-order chi connectivity index (χ1) is 17.2. The van der Waals surface area contributed by atoms with Crippen LogP contribution in [0.5, 0.6) is 0 Å². The Kier molecular flexibility index (Phi) is 12.4. The molecule has 0 aliphatic carbocycles.